The first-order valence-electron chi connectivity index (χ1n) is 10.5. The van der Waals surface area contributed by atoms with E-state index in [2.05, 4.69) is 51.6 Å². The highest BCUT2D eigenvalue weighted by molar-refractivity contribution is 6.30. The zero-order valence-electron chi connectivity index (χ0n) is 18.7. The van der Waals surface area contributed by atoms with Crippen molar-refractivity contribution in [1.82, 2.24) is 30.6 Å². The first-order valence-corrected chi connectivity index (χ1v) is 10.9. The minimum absolute atomic E-state index is 0.206. The summed E-state index contributed by atoms with van der Waals surface area (Å²) in [5, 5.41) is 16.0. The van der Waals surface area contributed by atoms with E-state index in [-0.39, 0.29) is 6.04 Å². The quantitative estimate of drug-likeness (QED) is 0.409. The van der Waals surface area contributed by atoms with Crippen LogP contribution in [0.3, 0.4) is 0 Å². The molecule has 0 saturated heterocycles. The van der Waals surface area contributed by atoms with E-state index in [0.717, 1.165) is 30.2 Å². The first-order chi connectivity index (χ1) is 14.9. The average Bonchev–Trinajstić information content (AvgIpc) is 3.28. The molecule has 3 rings (SSSR count). The number of halogens is 1. The highest BCUT2D eigenvalue weighted by Gasteiger charge is 2.14. The third-order valence-electron chi connectivity index (χ3n) is 5.04. The molecular formula is C22H30ClN7O. The first kappa shape index (κ1) is 22.8. The molecule has 1 atom stereocenters. The Morgan fingerprint density at radius 3 is 2.81 bits per heavy atom. The highest BCUT2D eigenvalue weighted by Crippen LogP contribution is 2.20. The number of aryl methyl sites for hydroxylation is 2. The Kier molecular flexibility index (Phi) is 7.68. The molecule has 2 heterocycles. The molecule has 0 spiro atoms. The van der Waals surface area contributed by atoms with Crippen LogP contribution >= 0.6 is 11.6 Å². The fraction of sp³-hybridized carbons (Fsp3) is 0.455. The summed E-state index contributed by atoms with van der Waals surface area (Å²) in [6.07, 6.45) is 1.43. The second-order valence-electron chi connectivity index (χ2n) is 7.56. The van der Waals surface area contributed by atoms with Gasteiger partial charge < -0.3 is 15.2 Å². The summed E-state index contributed by atoms with van der Waals surface area (Å²) in [6, 6.07) is 7.60. The van der Waals surface area contributed by atoms with Crippen LogP contribution in [0.25, 0.3) is 11.4 Å². The van der Waals surface area contributed by atoms with E-state index in [1.165, 1.54) is 11.3 Å². The van der Waals surface area contributed by atoms with E-state index >= 15 is 0 Å². The molecule has 0 radical (unpaired) electrons. The van der Waals surface area contributed by atoms with Crippen LogP contribution in [0, 0.1) is 13.8 Å². The van der Waals surface area contributed by atoms with Crippen molar-refractivity contribution in [3.05, 3.63) is 52.1 Å². The molecule has 0 bridgehead atoms. The summed E-state index contributed by atoms with van der Waals surface area (Å²) in [6.45, 7) is 9.66. The Balaban J connectivity index is 1.58. The Hall–Kier alpha value is -2.87. The van der Waals surface area contributed by atoms with Gasteiger partial charge in [0, 0.05) is 42.3 Å². The van der Waals surface area contributed by atoms with Crippen LogP contribution in [0.1, 0.15) is 36.7 Å². The summed E-state index contributed by atoms with van der Waals surface area (Å²) < 4.78 is 7.30. The molecule has 31 heavy (non-hydrogen) atoms. The van der Waals surface area contributed by atoms with Crippen LogP contribution in [0.5, 0.6) is 0 Å². The van der Waals surface area contributed by atoms with Crippen molar-refractivity contribution < 1.29 is 4.52 Å². The van der Waals surface area contributed by atoms with Crippen molar-refractivity contribution >= 4 is 17.6 Å². The Labute approximate surface area is 188 Å². The van der Waals surface area contributed by atoms with E-state index in [1.807, 2.05) is 42.9 Å². The number of aliphatic imine (C=N–C) groups is 1. The van der Waals surface area contributed by atoms with Crippen LogP contribution in [0.2, 0.25) is 5.02 Å². The van der Waals surface area contributed by atoms with Gasteiger partial charge >= 0.3 is 0 Å². The van der Waals surface area contributed by atoms with E-state index in [4.69, 9.17) is 16.1 Å². The zero-order valence-corrected chi connectivity index (χ0v) is 19.5. The molecule has 0 aliphatic carbocycles. The van der Waals surface area contributed by atoms with Crippen LogP contribution in [0.4, 0.5) is 0 Å². The van der Waals surface area contributed by atoms with Crippen LogP contribution in [-0.2, 0) is 19.9 Å². The molecule has 1 aromatic carbocycles. The number of rotatable bonds is 8. The molecule has 166 valence electrons. The van der Waals surface area contributed by atoms with Gasteiger partial charge in [0.25, 0.3) is 0 Å². The zero-order chi connectivity index (χ0) is 22.4. The molecule has 0 aliphatic rings. The number of hydrogen-bond donors (Lipinski definition) is 2. The van der Waals surface area contributed by atoms with Gasteiger partial charge in [0.2, 0.25) is 11.7 Å². The van der Waals surface area contributed by atoms with Gasteiger partial charge in [-0.25, -0.2) is 0 Å². The third kappa shape index (κ3) is 6.07. The summed E-state index contributed by atoms with van der Waals surface area (Å²) >= 11 is 6.04. The molecule has 0 fully saturated rings. The lowest BCUT2D eigenvalue weighted by molar-refractivity contribution is 0.380. The minimum atomic E-state index is 0.206. The van der Waals surface area contributed by atoms with Crippen LogP contribution < -0.4 is 10.6 Å². The maximum absolute atomic E-state index is 6.04. The summed E-state index contributed by atoms with van der Waals surface area (Å²) in [5.74, 6) is 1.84. The van der Waals surface area contributed by atoms with Gasteiger partial charge in [-0.1, -0.05) is 28.9 Å². The van der Waals surface area contributed by atoms with Crippen molar-refractivity contribution in [2.75, 3.05) is 13.1 Å². The number of guanidine groups is 1. The van der Waals surface area contributed by atoms with E-state index in [9.17, 15) is 0 Å². The van der Waals surface area contributed by atoms with Gasteiger partial charge in [-0.3, -0.25) is 9.67 Å². The van der Waals surface area contributed by atoms with Gasteiger partial charge in [-0.15, -0.1) is 0 Å². The second-order valence-corrected chi connectivity index (χ2v) is 7.99. The normalized spacial score (nSPS) is 12.8. The number of hydrogen-bond acceptors (Lipinski definition) is 5. The maximum atomic E-state index is 6.04. The van der Waals surface area contributed by atoms with Crippen molar-refractivity contribution in [1.29, 1.82) is 0 Å². The monoisotopic (exact) mass is 443 g/mol. The molecule has 9 heteroatoms. The van der Waals surface area contributed by atoms with Gasteiger partial charge in [-0.05, 0) is 51.8 Å². The molecular weight excluding hydrogens is 414 g/mol. The van der Waals surface area contributed by atoms with E-state index in [1.54, 1.807) is 0 Å². The van der Waals surface area contributed by atoms with Gasteiger partial charge in [0.05, 0.1) is 12.2 Å². The smallest absolute Gasteiger partial charge is 0.228 e. The molecule has 2 N–H and O–H groups in total. The number of nitrogens with one attached hydrogen (secondary N) is 2. The Morgan fingerprint density at radius 1 is 1.32 bits per heavy atom. The molecule has 3 aromatic rings. The summed E-state index contributed by atoms with van der Waals surface area (Å²) in [7, 11) is 1.98. The fourth-order valence-corrected chi connectivity index (χ4v) is 3.58. The molecule has 0 amide bonds. The highest BCUT2D eigenvalue weighted by atomic mass is 35.5. The number of aromatic nitrogens is 4. The number of nitrogens with zero attached hydrogens (tertiary/aromatic N) is 5. The minimum Gasteiger partial charge on any atom is -0.357 e. The molecule has 2 aromatic heterocycles. The lowest BCUT2D eigenvalue weighted by atomic mass is 10.1. The lowest BCUT2D eigenvalue weighted by Gasteiger charge is -2.18. The second kappa shape index (κ2) is 10.4. The Morgan fingerprint density at radius 2 is 2.13 bits per heavy atom. The van der Waals surface area contributed by atoms with E-state index in [0.29, 0.717) is 29.7 Å². The number of benzene rings is 1. The topological polar surface area (TPSA) is 93.2 Å². The van der Waals surface area contributed by atoms with Gasteiger partial charge in [0.1, 0.15) is 0 Å². The maximum Gasteiger partial charge on any atom is 0.228 e. The molecule has 0 aliphatic heterocycles. The van der Waals surface area contributed by atoms with Crippen molar-refractivity contribution in [2.45, 2.75) is 46.6 Å². The molecule has 1 unspecified atom stereocenters. The van der Waals surface area contributed by atoms with Gasteiger partial charge in [0.15, 0.2) is 5.96 Å². The van der Waals surface area contributed by atoms with E-state index < -0.39 is 0 Å². The summed E-state index contributed by atoms with van der Waals surface area (Å²) in [5.41, 5.74) is 4.37. The van der Waals surface area contributed by atoms with Gasteiger partial charge in [-0.2, -0.15) is 10.1 Å². The fourth-order valence-electron chi connectivity index (χ4n) is 3.39. The average molecular weight is 444 g/mol. The predicted octanol–water partition coefficient (Wildman–Crippen LogP) is 3.47. The van der Waals surface area contributed by atoms with Crippen molar-refractivity contribution in [3.63, 3.8) is 0 Å². The Bertz CT molecular complexity index is 1040. The summed E-state index contributed by atoms with van der Waals surface area (Å²) in [4.78, 5) is 9.11. The predicted molar refractivity (Wildman–Crippen MR) is 123 cm³/mol. The van der Waals surface area contributed by atoms with Crippen molar-refractivity contribution in [2.24, 2.45) is 12.0 Å². The molecule has 8 nitrogen and oxygen atoms in total. The third-order valence-corrected chi connectivity index (χ3v) is 5.28. The van der Waals surface area contributed by atoms with Crippen molar-refractivity contribution in [3.8, 4) is 11.4 Å². The lowest BCUT2D eigenvalue weighted by Crippen LogP contribution is -2.43. The van der Waals surface area contributed by atoms with Crippen LogP contribution in [0.15, 0.2) is 33.8 Å². The van der Waals surface area contributed by atoms with Crippen LogP contribution in [-0.4, -0.2) is 45.0 Å². The largest absolute Gasteiger partial charge is 0.357 e. The SMILES string of the molecule is CCNC(=NCCc1nc(-c2cccc(Cl)c2)no1)NC(C)Cc1c(C)nn(C)c1C. The molecule has 0 saturated carbocycles. The standard InChI is InChI=1S/C22H30ClN7O/c1-6-24-22(26-14(2)12-19-15(3)28-30(5)16(19)4)25-11-10-20-27-21(29-31-20)17-8-7-9-18(23)13-17/h7-9,13-14H,6,10-12H2,1-5H3,(H2,24,25,26).